The Labute approximate surface area is 272 Å². The Morgan fingerprint density at radius 2 is 1.76 bits per heavy atom. The van der Waals surface area contributed by atoms with Crippen molar-refractivity contribution < 1.29 is 14.3 Å². The monoisotopic (exact) mass is 637 g/mol. The predicted molar refractivity (Wildman–Crippen MR) is 180 cm³/mol. The van der Waals surface area contributed by atoms with E-state index < -0.39 is 0 Å². The van der Waals surface area contributed by atoms with E-state index in [1.165, 1.54) is 12.3 Å². The highest BCUT2D eigenvalue weighted by molar-refractivity contribution is 6.35. The number of nitrogens with one attached hydrogen (secondary N) is 1. The summed E-state index contributed by atoms with van der Waals surface area (Å²) >= 11 is 7.08. The number of aromatic nitrogens is 2. The third-order valence-electron chi connectivity index (χ3n) is 11.0. The van der Waals surface area contributed by atoms with Gasteiger partial charge in [-0.1, -0.05) is 18.2 Å². The highest BCUT2D eigenvalue weighted by Crippen LogP contribution is 2.56. The zero-order valence-corrected chi connectivity index (χ0v) is 28.3. The molecule has 1 aromatic heterocycles. The number of hydrogen-bond donors (Lipinski definition) is 2. The van der Waals surface area contributed by atoms with Gasteiger partial charge in [-0.2, -0.15) is 5.10 Å². The molecule has 244 valence electrons. The Kier molecular flexibility index (Phi) is 8.33. The minimum Gasteiger partial charge on any atom is -0.398 e. The Hall–Kier alpha value is -2.92. The normalized spacial score (nSPS) is 26.2. The molecule has 3 unspecified atom stereocenters. The standard InChI is InChI=1S/C34H48ClN7O3/c1-8-28(43)40-18-34(19-40)13-23(14-34)42-21(3)29(30-24(15-36)25(37)11-20(2)31(30)35)32(38-42)41-10-9-22(12-33(41,4)5)39-16-26(44-6)27(17-39)45-7/h8,11,15,22-23,26-27,36H,1,9-10,12-14,16-19,37H2,2-7H3. The number of benzene rings is 1. The van der Waals surface area contributed by atoms with Crippen molar-refractivity contribution in [2.45, 2.75) is 83.2 Å². The summed E-state index contributed by atoms with van der Waals surface area (Å²) in [4.78, 5) is 19.0. The fourth-order valence-corrected chi connectivity index (χ4v) is 8.84. The maximum absolute atomic E-state index is 12.1. The van der Waals surface area contributed by atoms with Crippen LogP contribution in [0.4, 0.5) is 11.5 Å². The summed E-state index contributed by atoms with van der Waals surface area (Å²) in [6, 6.07) is 2.48. The van der Waals surface area contributed by atoms with E-state index in [0.29, 0.717) is 22.3 Å². The molecule has 0 radical (unpaired) electrons. The summed E-state index contributed by atoms with van der Waals surface area (Å²) in [5.74, 6) is 0.903. The van der Waals surface area contributed by atoms with Crippen molar-refractivity contribution in [2.75, 3.05) is 57.6 Å². The summed E-state index contributed by atoms with van der Waals surface area (Å²) in [6.07, 6.45) is 6.77. The van der Waals surface area contributed by atoms with Crippen molar-refractivity contribution in [1.29, 1.82) is 5.41 Å². The molecule has 1 aliphatic carbocycles. The van der Waals surface area contributed by atoms with Crippen molar-refractivity contribution in [2.24, 2.45) is 5.41 Å². The zero-order chi connectivity index (χ0) is 32.4. The number of amides is 1. The lowest BCUT2D eigenvalue weighted by Gasteiger charge is -2.58. The summed E-state index contributed by atoms with van der Waals surface area (Å²) in [7, 11) is 3.54. The molecule has 11 heteroatoms. The van der Waals surface area contributed by atoms with Gasteiger partial charge in [0.05, 0.1) is 23.3 Å². The van der Waals surface area contributed by atoms with E-state index in [0.717, 1.165) is 86.6 Å². The fourth-order valence-electron chi connectivity index (χ4n) is 8.59. The number of methoxy groups -OCH3 is 2. The number of carbonyl (C=O) groups excluding carboxylic acids is 1. The number of rotatable bonds is 8. The number of hydrogen-bond acceptors (Lipinski definition) is 8. The summed E-state index contributed by atoms with van der Waals surface area (Å²) in [6.45, 7) is 16.4. The first-order valence-electron chi connectivity index (χ1n) is 16.0. The van der Waals surface area contributed by atoms with Crippen molar-refractivity contribution >= 4 is 35.2 Å². The van der Waals surface area contributed by atoms with Crippen LogP contribution in [0.2, 0.25) is 5.02 Å². The second-order valence-electron chi connectivity index (χ2n) is 14.3. The van der Waals surface area contributed by atoms with Crippen LogP contribution in [0.5, 0.6) is 0 Å². The topological polar surface area (TPSA) is 113 Å². The number of likely N-dealkylation sites (tertiary alicyclic amines) is 2. The highest BCUT2D eigenvalue weighted by atomic mass is 35.5. The molecule has 45 heavy (non-hydrogen) atoms. The third kappa shape index (κ3) is 5.27. The molecule has 4 fully saturated rings. The summed E-state index contributed by atoms with van der Waals surface area (Å²) in [5, 5.41) is 14.3. The minimum atomic E-state index is -0.204. The first-order valence-corrected chi connectivity index (χ1v) is 16.4. The van der Waals surface area contributed by atoms with Crippen LogP contribution in [-0.2, 0) is 14.3 Å². The van der Waals surface area contributed by atoms with Gasteiger partial charge in [0.2, 0.25) is 5.91 Å². The fraction of sp³-hybridized carbons (Fsp3) is 0.618. The number of nitrogens with zero attached hydrogens (tertiary/aromatic N) is 5. The van der Waals surface area contributed by atoms with Crippen LogP contribution in [0, 0.1) is 24.7 Å². The number of piperidine rings is 1. The molecule has 2 aromatic rings. The van der Waals surface area contributed by atoms with E-state index in [1.54, 1.807) is 14.2 Å². The zero-order valence-electron chi connectivity index (χ0n) is 27.5. The van der Waals surface area contributed by atoms with Gasteiger partial charge < -0.3 is 30.4 Å². The van der Waals surface area contributed by atoms with Gasteiger partial charge in [-0.15, -0.1) is 0 Å². The first-order chi connectivity index (χ1) is 21.4. The lowest BCUT2D eigenvalue weighted by molar-refractivity contribution is -0.149. The molecule has 1 aromatic carbocycles. The number of halogens is 1. The van der Waals surface area contributed by atoms with Crippen LogP contribution < -0.4 is 10.6 Å². The number of anilines is 2. The van der Waals surface area contributed by atoms with E-state index in [2.05, 4.69) is 41.8 Å². The Morgan fingerprint density at radius 1 is 1.11 bits per heavy atom. The Balaban J connectivity index is 1.35. The molecule has 10 nitrogen and oxygen atoms in total. The van der Waals surface area contributed by atoms with E-state index in [9.17, 15) is 4.79 Å². The average Bonchev–Trinajstić information content (AvgIpc) is 3.53. The lowest BCUT2D eigenvalue weighted by Crippen LogP contribution is -2.63. The lowest BCUT2D eigenvalue weighted by atomic mass is 9.60. The molecule has 1 amide bonds. The molecular formula is C34H48ClN7O3. The predicted octanol–water partition coefficient (Wildman–Crippen LogP) is 4.84. The van der Waals surface area contributed by atoms with Crippen molar-refractivity contribution in [3.63, 3.8) is 0 Å². The molecule has 4 heterocycles. The van der Waals surface area contributed by atoms with Crippen molar-refractivity contribution in [3.05, 3.63) is 40.6 Å². The quantitative estimate of drug-likeness (QED) is 0.242. The number of carbonyl (C=O) groups is 1. The average molecular weight is 638 g/mol. The molecule has 3 saturated heterocycles. The first kappa shape index (κ1) is 32.0. The SMILES string of the molecule is C=CC(=O)N1CC2(CC(n3nc(N4CCC(N5CC(OC)C(OC)C5)CC4(C)C)c(-c4c(Cl)c(C)cc(N)c4C=N)c3C)C2)C1. The van der Waals surface area contributed by atoms with Crippen LogP contribution in [0.15, 0.2) is 18.7 Å². The van der Waals surface area contributed by atoms with Gasteiger partial charge in [-0.3, -0.25) is 14.4 Å². The van der Waals surface area contributed by atoms with E-state index >= 15 is 0 Å². The van der Waals surface area contributed by atoms with Crippen LogP contribution >= 0.6 is 11.6 Å². The van der Waals surface area contributed by atoms with Crippen LogP contribution in [0.1, 0.15) is 62.4 Å². The smallest absolute Gasteiger partial charge is 0.245 e. The number of nitrogens with two attached hydrogens (primary N) is 1. The Morgan fingerprint density at radius 3 is 2.31 bits per heavy atom. The summed E-state index contributed by atoms with van der Waals surface area (Å²) in [5.41, 5.74) is 11.3. The van der Waals surface area contributed by atoms with Gasteiger partial charge in [-0.25, -0.2) is 0 Å². The molecule has 4 aliphatic rings. The van der Waals surface area contributed by atoms with Crippen LogP contribution in [0.3, 0.4) is 0 Å². The van der Waals surface area contributed by atoms with E-state index in [4.69, 9.17) is 37.3 Å². The number of ether oxygens (including phenoxy) is 2. The second kappa shape index (κ2) is 11.7. The number of aryl methyl sites for hydroxylation is 1. The Bertz CT molecular complexity index is 1490. The minimum absolute atomic E-state index is 0.00446. The number of nitrogen functional groups attached to an aromatic ring is 1. The maximum Gasteiger partial charge on any atom is 0.245 e. The molecule has 1 saturated carbocycles. The maximum atomic E-state index is 12.1. The van der Waals surface area contributed by atoms with Gasteiger partial charge in [0.15, 0.2) is 5.82 Å². The van der Waals surface area contributed by atoms with Crippen molar-refractivity contribution in [1.82, 2.24) is 19.6 Å². The molecule has 3 atom stereocenters. The molecule has 3 N–H and O–H groups in total. The van der Waals surface area contributed by atoms with Crippen molar-refractivity contribution in [3.8, 4) is 11.1 Å². The molecule has 0 bridgehead atoms. The molecule has 1 spiro atoms. The van der Waals surface area contributed by atoms with Crippen LogP contribution in [0.25, 0.3) is 11.1 Å². The van der Waals surface area contributed by atoms with Gasteiger partial charge in [-0.05, 0) is 71.1 Å². The van der Waals surface area contributed by atoms with Gasteiger partial charge >= 0.3 is 0 Å². The van der Waals surface area contributed by atoms with Gasteiger partial charge in [0.1, 0.15) is 0 Å². The summed E-state index contributed by atoms with van der Waals surface area (Å²) < 4.78 is 13.7. The van der Waals surface area contributed by atoms with Gasteiger partial charge in [0, 0.05) is 98.2 Å². The molecule has 3 aliphatic heterocycles. The van der Waals surface area contributed by atoms with Crippen LogP contribution in [-0.4, -0.2) is 102 Å². The van der Waals surface area contributed by atoms with E-state index in [-0.39, 0.29) is 35.1 Å². The van der Waals surface area contributed by atoms with Gasteiger partial charge in [0.25, 0.3) is 0 Å². The third-order valence-corrected chi connectivity index (χ3v) is 11.5. The molecule has 6 rings (SSSR count). The second-order valence-corrected chi connectivity index (χ2v) is 14.7. The van der Waals surface area contributed by atoms with E-state index in [1.807, 2.05) is 17.9 Å². The largest absolute Gasteiger partial charge is 0.398 e. The molecular weight excluding hydrogens is 590 g/mol. The highest BCUT2D eigenvalue weighted by Gasteiger charge is 2.55.